The average Bonchev–Trinajstić information content (AvgIpc) is 2.57. The summed E-state index contributed by atoms with van der Waals surface area (Å²) in [4.78, 5) is 0. The Morgan fingerprint density at radius 1 is 1.04 bits per heavy atom. The van der Waals surface area contributed by atoms with Gasteiger partial charge in [0.05, 0.1) is 24.4 Å². The van der Waals surface area contributed by atoms with E-state index in [2.05, 4.69) is 0 Å². The molecule has 2 rings (SSSR count). The maximum absolute atomic E-state index is 11.2. The topological polar surface area (TPSA) is 160 Å². The van der Waals surface area contributed by atoms with Crippen molar-refractivity contribution in [1.82, 2.24) is 0 Å². The minimum absolute atomic E-state index is 0.0131. The van der Waals surface area contributed by atoms with E-state index in [4.69, 9.17) is 9.47 Å². The average molecular weight is 406 g/mol. The molecule has 0 amide bonds. The lowest BCUT2D eigenvalue weighted by Gasteiger charge is -2.55. The lowest BCUT2D eigenvalue weighted by molar-refractivity contribution is -0.306. The van der Waals surface area contributed by atoms with Gasteiger partial charge in [-0.1, -0.05) is 26.0 Å². The Hall–Kier alpha value is -0.620. The Morgan fingerprint density at radius 2 is 1.64 bits per heavy atom. The molecular weight excluding hydrogens is 372 g/mol. The monoisotopic (exact) mass is 406 g/mol. The van der Waals surface area contributed by atoms with E-state index < -0.39 is 66.1 Å². The maximum atomic E-state index is 11.2. The summed E-state index contributed by atoms with van der Waals surface area (Å²) in [5.74, 6) is 0. The second kappa shape index (κ2) is 8.25. The molecule has 7 N–H and O–H groups in total. The maximum Gasteiger partial charge on any atom is 0.187 e. The molecule has 2 fully saturated rings. The minimum atomic E-state index is -1.65. The number of aliphatic hydroxyl groups excluding tert-OH is 5. The molecule has 1 aliphatic heterocycles. The second-order valence-corrected chi connectivity index (χ2v) is 8.88. The van der Waals surface area contributed by atoms with E-state index in [-0.39, 0.29) is 6.42 Å². The lowest BCUT2D eigenvalue weighted by Crippen LogP contribution is -2.65. The van der Waals surface area contributed by atoms with E-state index in [1.807, 2.05) is 0 Å². The van der Waals surface area contributed by atoms with E-state index in [9.17, 15) is 35.7 Å². The highest BCUT2D eigenvalue weighted by atomic mass is 16.7. The summed E-state index contributed by atoms with van der Waals surface area (Å²) < 4.78 is 10.9. The minimum Gasteiger partial charge on any atom is -0.394 e. The molecule has 1 saturated carbocycles. The molecule has 1 aliphatic carbocycles. The second-order valence-electron chi connectivity index (χ2n) is 8.88. The summed E-state index contributed by atoms with van der Waals surface area (Å²) >= 11 is 0. The van der Waals surface area contributed by atoms with Crippen LogP contribution in [0, 0.1) is 5.41 Å². The first kappa shape index (κ1) is 23.7. The molecule has 1 saturated heterocycles. The van der Waals surface area contributed by atoms with Crippen molar-refractivity contribution in [3.8, 4) is 0 Å². The standard InChI is InChI=1S/C19H34O9/c1-10(27-16-15(24)14(23)13(22)12(9-20)28-16)5-6-19(26)17(2,3)7-11(21)8-18(19,4)25/h5-6,10-16,20-26H,7-9H2,1-4H3/b6-5-/t10-,11+,12+,13-,14-,15-,16+,18-,19-/m1/s1. The third kappa shape index (κ3) is 4.28. The van der Waals surface area contributed by atoms with Crippen molar-refractivity contribution < 1.29 is 45.2 Å². The summed E-state index contributed by atoms with van der Waals surface area (Å²) in [6.45, 7) is 6.01. The highest BCUT2D eigenvalue weighted by molar-refractivity contribution is 5.21. The molecule has 0 aromatic rings. The van der Waals surface area contributed by atoms with Crippen LogP contribution in [0.15, 0.2) is 12.2 Å². The lowest BCUT2D eigenvalue weighted by atomic mass is 9.57. The van der Waals surface area contributed by atoms with Crippen LogP contribution in [0.25, 0.3) is 0 Å². The van der Waals surface area contributed by atoms with Crippen LogP contribution in [0.3, 0.4) is 0 Å². The van der Waals surface area contributed by atoms with Crippen LogP contribution in [0.2, 0.25) is 0 Å². The van der Waals surface area contributed by atoms with Crippen LogP contribution in [0.5, 0.6) is 0 Å². The van der Waals surface area contributed by atoms with Crippen molar-refractivity contribution in [2.75, 3.05) is 6.61 Å². The van der Waals surface area contributed by atoms with Crippen molar-refractivity contribution in [3.05, 3.63) is 12.2 Å². The van der Waals surface area contributed by atoms with E-state index >= 15 is 0 Å². The van der Waals surface area contributed by atoms with Gasteiger partial charge in [0.25, 0.3) is 0 Å². The Morgan fingerprint density at radius 3 is 2.18 bits per heavy atom. The zero-order chi connectivity index (χ0) is 21.5. The van der Waals surface area contributed by atoms with E-state index in [1.54, 1.807) is 20.8 Å². The van der Waals surface area contributed by atoms with Gasteiger partial charge in [-0.2, -0.15) is 0 Å². The molecule has 0 aromatic heterocycles. The van der Waals surface area contributed by atoms with Crippen LogP contribution in [0.4, 0.5) is 0 Å². The van der Waals surface area contributed by atoms with Crippen LogP contribution < -0.4 is 0 Å². The molecule has 0 bridgehead atoms. The van der Waals surface area contributed by atoms with Gasteiger partial charge in [-0.3, -0.25) is 0 Å². The SMILES string of the molecule is C[C@H](/C=C\[C@@]1(O)C(C)(C)C[C@H](O)C[C@@]1(C)O)O[C@H]1O[C@@H](CO)[C@@H](O)[C@@H](O)[C@H]1O. The van der Waals surface area contributed by atoms with Gasteiger partial charge in [-0.05, 0) is 20.3 Å². The molecule has 164 valence electrons. The van der Waals surface area contributed by atoms with Crippen molar-refractivity contribution in [2.45, 2.75) is 94.7 Å². The quantitative estimate of drug-likeness (QED) is 0.267. The fourth-order valence-electron chi connectivity index (χ4n) is 4.28. The molecule has 0 spiro atoms. The van der Waals surface area contributed by atoms with E-state index in [1.165, 1.54) is 19.1 Å². The first-order valence-corrected chi connectivity index (χ1v) is 9.54. The summed E-state index contributed by atoms with van der Waals surface area (Å²) in [6.07, 6.45) is -5.14. The van der Waals surface area contributed by atoms with Gasteiger partial charge < -0.3 is 45.2 Å². The smallest absolute Gasteiger partial charge is 0.187 e. The first-order valence-electron chi connectivity index (χ1n) is 9.54. The van der Waals surface area contributed by atoms with Gasteiger partial charge in [0.2, 0.25) is 0 Å². The number of hydrogen-bond acceptors (Lipinski definition) is 9. The summed E-state index contributed by atoms with van der Waals surface area (Å²) in [7, 11) is 0. The first-order chi connectivity index (χ1) is 12.8. The number of rotatable bonds is 5. The van der Waals surface area contributed by atoms with Gasteiger partial charge >= 0.3 is 0 Å². The highest BCUT2D eigenvalue weighted by Gasteiger charge is 2.58. The zero-order valence-electron chi connectivity index (χ0n) is 16.8. The fourth-order valence-corrected chi connectivity index (χ4v) is 4.28. The Kier molecular flexibility index (Phi) is 6.97. The van der Waals surface area contributed by atoms with Crippen molar-refractivity contribution in [2.24, 2.45) is 5.41 Å². The Bertz CT molecular complexity index is 542. The molecule has 0 unspecified atom stereocenters. The molecule has 9 heteroatoms. The summed E-state index contributed by atoms with van der Waals surface area (Å²) in [6, 6.07) is 0. The zero-order valence-corrected chi connectivity index (χ0v) is 16.8. The van der Waals surface area contributed by atoms with Crippen LogP contribution in [0.1, 0.15) is 40.5 Å². The largest absolute Gasteiger partial charge is 0.394 e. The molecule has 28 heavy (non-hydrogen) atoms. The van der Waals surface area contributed by atoms with Crippen LogP contribution >= 0.6 is 0 Å². The number of ether oxygens (including phenoxy) is 2. The number of hydrogen-bond donors (Lipinski definition) is 7. The van der Waals surface area contributed by atoms with Crippen molar-refractivity contribution in [3.63, 3.8) is 0 Å². The normalized spacial score (nSPS) is 48.0. The number of aliphatic hydroxyl groups is 7. The molecule has 1 heterocycles. The van der Waals surface area contributed by atoms with Gasteiger partial charge in [0.15, 0.2) is 6.29 Å². The summed E-state index contributed by atoms with van der Waals surface area (Å²) in [5.41, 5.74) is -4.05. The van der Waals surface area contributed by atoms with E-state index in [0.29, 0.717) is 6.42 Å². The van der Waals surface area contributed by atoms with Crippen molar-refractivity contribution in [1.29, 1.82) is 0 Å². The van der Waals surface area contributed by atoms with Crippen LogP contribution in [-0.2, 0) is 9.47 Å². The van der Waals surface area contributed by atoms with Crippen molar-refractivity contribution >= 4 is 0 Å². The Balaban J connectivity index is 2.13. The van der Waals surface area contributed by atoms with Gasteiger partial charge in [0.1, 0.15) is 30.0 Å². The van der Waals surface area contributed by atoms with E-state index in [0.717, 1.165) is 0 Å². The molecule has 2 aliphatic rings. The third-order valence-corrected chi connectivity index (χ3v) is 6.04. The predicted octanol–water partition coefficient (Wildman–Crippen LogP) is -1.59. The van der Waals surface area contributed by atoms with Gasteiger partial charge in [-0.25, -0.2) is 0 Å². The molecule has 0 aromatic carbocycles. The molecule has 9 atom stereocenters. The third-order valence-electron chi connectivity index (χ3n) is 6.04. The fraction of sp³-hybridized carbons (Fsp3) is 0.895. The van der Waals surface area contributed by atoms with Gasteiger partial charge in [-0.15, -0.1) is 0 Å². The molecule has 9 nitrogen and oxygen atoms in total. The van der Waals surface area contributed by atoms with Crippen LogP contribution in [-0.4, -0.2) is 96.5 Å². The Labute approximate surface area is 164 Å². The highest BCUT2D eigenvalue weighted by Crippen LogP contribution is 2.50. The summed E-state index contributed by atoms with van der Waals surface area (Å²) in [5, 5.41) is 70.9. The molecule has 0 radical (unpaired) electrons. The predicted molar refractivity (Wildman–Crippen MR) is 98.0 cm³/mol. The molecular formula is C19H34O9. The van der Waals surface area contributed by atoms with Gasteiger partial charge in [0, 0.05) is 11.8 Å².